The number of carbonyl (C=O) groups is 3. The number of hydrogen-bond donors (Lipinski definition) is 2. The van der Waals surface area contributed by atoms with Crippen LogP contribution < -0.4 is 15.4 Å². The number of nitrogens with one attached hydrogen (secondary N) is 2. The monoisotopic (exact) mass is 418 g/mol. The third-order valence-electron chi connectivity index (χ3n) is 5.92. The Kier molecular flexibility index (Phi) is 4.62. The van der Waals surface area contributed by atoms with Crippen LogP contribution in [-0.4, -0.2) is 46.9 Å². The van der Waals surface area contributed by atoms with E-state index < -0.39 is 6.04 Å². The van der Waals surface area contributed by atoms with E-state index in [1.807, 2.05) is 35.0 Å². The van der Waals surface area contributed by atoms with Gasteiger partial charge in [-0.25, -0.2) is 0 Å². The summed E-state index contributed by atoms with van der Waals surface area (Å²) in [4.78, 5) is 39.7. The second-order valence-corrected chi connectivity index (χ2v) is 7.79. The number of rotatable bonds is 4. The zero-order valence-corrected chi connectivity index (χ0v) is 17.1. The molecule has 0 bridgehead atoms. The van der Waals surface area contributed by atoms with Gasteiger partial charge in [-0.3, -0.25) is 14.4 Å². The van der Waals surface area contributed by atoms with Crippen LogP contribution in [0.15, 0.2) is 48.7 Å². The molecule has 1 saturated heterocycles. The number of methoxy groups -OCH3 is 1. The van der Waals surface area contributed by atoms with Crippen LogP contribution in [0.2, 0.25) is 0 Å². The molecule has 2 aromatic carbocycles. The number of anilines is 2. The summed E-state index contributed by atoms with van der Waals surface area (Å²) in [5.41, 5.74) is 2.28. The average Bonchev–Trinajstić information content (AvgIpc) is 3.40. The van der Waals surface area contributed by atoms with Crippen LogP contribution in [0, 0.1) is 0 Å². The fourth-order valence-electron chi connectivity index (χ4n) is 4.43. The Labute approximate surface area is 178 Å². The van der Waals surface area contributed by atoms with Crippen molar-refractivity contribution in [3.63, 3.8) is 0 Å². The lowest BCUT2D eigenvalue weighted by molar-refractivity contribution is -0.119. The van der Waals surface area contributed by atoms with Crippen LogP contribution in [0.25, 0.3) is 10.9 Å². The molecule has 2 aliphatic heterocycles. The molecule has 2 aliphatic rings. The Bertz CT molecular complexity index is 1220. The summed E-state index contributed by atoms with van der Waals surface area (Å²) in [6, 6.07) is 12.2. The summed E-state index contributed by atoms with van der Waals surface area (Å²) in [5, 5.41) is 6.64. The van der Waals surface area contributed by atoms with Gasteiger partial charge in [-0.2, -0.15) is 0 Å². The van der Waals surface area contributed by atoms with Crippen molar-refractivity contribution in [2.45, 2.75) is 25.4 Å². The number of nitrogens with zero attached hydrogens (tertiary/aromatic N) is 2. The van der Waals surface area contributed by atoms with Crippen molar-refractivity contribution in [2.24, 2.45) is 0 Å². The maximum Gasteiger partial charge on any atom is 0.256 e. The Balaban J connectivity index is 1.37. The SMILES string of the molecule is COc1cccc2c1ccn2CC(=O)Nc1ccc2c(c1)C(=O)N1CCC[C@H]1C(=O)N2. The highest BCUT2D eigenvalue weighted by atomic mass is 16.5. The van der Waals surface area contributed by atoms with Crippen LogP contribution in [0.5, 0.6) is 5.75 Å². The van der Waals surface area contributed by atoms with E-state index in [0.717, 1.165) is 23.1 Å². The molecule has 31 heavy (non-hydrogen) atoms. The van der Waals surface area contributed by atoms with Crippen molar-refractivity contribution < 1.29 is 19.1 Å². The third kappa shape index (κ3) is 3.30. The highest BCUT2D eigenvalue weighted by Gasteiger charge is 2.38. The zero-order chi connectivity index (χ0) is 21.5. The largest absolute Gasteiger partial charge is 0.496 e. The maximum atomic E-state index is 13.0. The molecule has 0 aliphatic carbocycles. The molecule has 1 atom stereocenters. The summed E-state index contributed by atoms with van der Waals surface area (Å²) in [6.45, 7) is 0.684. The molecule has 0 unspecified atom stereocenters. The van der Waals surface area contributed by atoms with Gasteiger partial charge in [0.15, 0.2) is 0 Å². The first-order chi connectivity index (χ1) is 15.0. The smallest absolute Gasteiger partial charge is 0.256 e. The highest BCUT2D eigenvalue weighted by molar-refractivity contribution is 6.11. The molecule has 3 aromatic rings. The molecule has 8 nitrogen and oxygen atoms in total. The van der Waals surface area contributed by atoms with E-state index in [2.05, 4.69) is 10.6 Å². The van der Waals surface area contributed by atoms with Crippen molar-refractivity contribution in [2.75, 3.05) is 24.3 Å². The molecule has 0 saturated carbocycles. The van der Waals surface area contributed by atoms with E-state index >= 15 is 0 Å². The molecule has 3 heterocycles. The first-order valence-corrected chi connectivity index (χ1v) is 10.2. The van der Waals surface area contributed by atoms with E-state index in [1.54, 1.807) is 30.2 Å². The normalized spacial score (nSPS) is 17.7. The fraction of sp³-hybridized carbons (Fsp3) is 0.261. The van der Waals surface area contributed by atoms with Gasteiger partial charge in [0.1, 0.15) is 18.3 Å². The fourth-order valence-corrected chi connectivity index (χ4v) is 4.43. The van der Waals surface area contributed by atoms with Crippen LogP contribution >= 0.6 is 0 Å². The molecule has 8 heteroatoms. The van der Waals surface area contributed by atoms with Crippen molar-refractivity contribution >= 4 is 40.0 Å². The first-order valence-electron chi connectivity index (χ1n) is 10.2. The number of amides is 3. The summed E-state index contributed by atoms with van der Waals surface area (Å²) in [5.74, 6) is 0.194. The summed E-state index contributed by atoms with van der Waals surface area (Å²) in [6.07, 6.45) is 3.33. The third-order valence-corrected chi connectivity index (χ3v) is 5.92. The van der Waals surface area contributed by atoms with E-state index in [-0.39, 0.29) is 24.3 Å². The van der Waals surface area contributed by atoms with E-state index in [4.69, 9.17) is 4.74 Å². The van der Waals surface area contributed by atoms with Gasteiger partial charge in [-0.05, 0) is 49.2 Å². The van der Waals surface area contributed by atoms with Gasteiger partial charge in [-0.1, -0.05) is 6.07 Å². The first kappa shape index (κ1) is 19.2. The second kappa shape index (κ2) is 7.46. The van der Waals surface area contributed by atoms with Gasteiger partial charge in [0.2, 0.25) is 11.8 Å². The maximum absolute atomic E-state index is 13.0. The summed E-state index contributed by atoms with van der Waals surface area (Å²) >= 11 is 0. The molecular formula is C23H22N4O4. The Morgan fingerprint density at radius 2 is 2.10 bits per heavy atom. The van der Waals surface area contributed by atoms with Crippen LogP contribution in [0.1, 0.15) is 23.2 Å². The predicted octanol–water partition coefficient (Wildman–Crippen LogP) is 2.85. The van der Waals surface area contributed by atoms with Gasteiger partial charge in [-0.15, -0.1) is 0 Å². The van der Waals surface area contributed by atoms with Crippen LogP contribution in [-0.2, 0) is 16.1 Å². The van der Waals surface area contributed by atoms with Gasteiger partial charge >= 0.3 is 0 Å². The van der Waals surface area contributed by atoms with E-state index in [9.17, 15) is 14.4 Å². The molecular weight excluding hydrogens is 396 g/mol. The van der Waals surface area contributed by atoms with Gasteiger partial charge in [0, 0.05) is 23.8 Å². The van der Waals surface area contributed by atoms with Gasteiger partial charge < -0.3 is 24.8 Å². The molecule has 158 valence electrons. The minimum atomic E-state index is -0.419. The lowest BCUT2D eigenvalue weighted by Crippen LogP contribution is -2.40. The molecule has 0 radical (unpaired) electrons. The molecule has 2 N–H and O–H groups in total. The Hall–Kier alpha value is -3.81. The van der Waals surface area contributed by atoms with Gasteiger partial charge in [0.05, 0.1) is 23.9 Å². The number of aromatic nitrogens is 1. The number of ether oxygens (including phenoxy) is 1. The number of benzene rings is 2. The van der Waals surface area contributed by atoms with Crippen molar-refractivity contribution in [3.8, 4) is 5.75 Å². The lowest BCUT2D eigenvalue weighted by Gasteiger charge is -2.20. The number of carbonyl (C=O) groups excluding carboxylic acids is 3. The molecule has 1 aromatic heterocycles. The standard InChI is InChI=1S/C23H22N4O4/c1-31-20-6-2-4-18-15(20)9-11-26(18)13-21(28)24-14-7-8-17-16(12-14)23(30)27-10-3-5-19(27)22(29)25-17/h2,4,6-9,11-12,19H,3,5,10,13H2,1H3,(H,24,28)(H,25,29)/t19-/m0/s1. The van der Waals surface area contributed by atoms with Crippen molar-refractivity contribution in [3.05, 3.63) is 54.2 Å². The van der Waals surface area contributed by atoms with E-state index in [1.165, 1.54) is 0 Å². The molecule has 1 fully saturated rings. The predicted molar refractivity (Wildman–Crippen MR) is 116 cm³/mol. The zero-order valence-electron chi connectivity index (χ0n) is 17.1. The van der Waals surface area contributed by atoms with Gasteiger partial charge in [0.25, 0.3) is 5.91 Å². The highest BCUT2D eigenvalue weighted by Crippen LogP contribution is 2.31. The van der Waals surface area contributed by atoms with Crippen LogP contribution in [0.4, 0.5) is 11.4 Å². The Morgan fingerprint density at radius 3 is 2.94 bits per heavy atom. The van der Waals surface area contributed by atoms with Crippen LogP contribution in [0.3, 0.4) is 0 Å². The molecule has 3 amide bonds. The average molecular weight is 418 g/mol. The minimum Gasteiger partial charge on any atom is -0.496 e. The second-order valence-electron chi connectivity index (χ2n) is 7.79. The number of fused-ring (bicyclic) bond motifs is 3. The quantitative estimate of drug-likeness (QED) is 0.682. The summed E-state index contributed by atoms with van der Waals surface area (Å²) < 4.78 is 7.22. The minimum absolute atomic E-state index is 0.118. The number of hydrogen-bond acceptors (Lipinski definition) is 4. The Morgan fingerprint density at radius 1 is 1.23 bits per heavy atom. The van der Waals surface area contributed by atoms with E-state index in [0.29, 0.717) is 29.9 Å². The lowest BCUT2D eigenvalue weighted by atomic mass is 10.1. The molecule has 5 rings (SSSR count). The topological polar surface area (TPSA) is 92.7 Å². The van der Waals surface area contributed by atoms with Crippen molar-refractivity contribution in [1.29, 1.82) is 0 Å². The summed E-state index contributed by atoms with van der Waals surface area (Å²) in [7, 11) is 1.62. The molecule has 0 spiro atoms. The van der Waals surface area contributed by atoms with Crippen molar-refractivity contribution in [1.82, 2.24) is 9.47 Å².